The number of thioether (sulfide) groups is 1. The van der Waals surface area contributed by atoms with Crippen LogP contribution < -0.4 is 0 Å². The average Bonchev–Trinajstić information content (AvgIpc) is 2.18. The fourth-order valence-corrected chi connectivity index (χ4v) is 2.24. The smallest absolute Gasteiger partial charge is 0.418 e. The number of alkyl halides is 3. The van der Waals surface area contributed by atoms with Crippen LogP contribution in [0.1, 0.15) is 28.5 Å². The van der Waals surface area contributed by atoms with Gasteiger partial charge in [0.15, 0.2) is 5.69 Å². The topological polar surface area (TPSA) is 50.2 Å². The lowest BCUT2D eigenvalue weighted by Crippen LogP contribution is -2.13. The molecule has 1 heterocycles. The molecular weight excluding hydrogens is 255 g/mol. The molecule has 0 amide bonds. The molecule has 1 N–H and O–H groups in total. The molecular formula is C10H10F3NO2S. The van der Waals surface area contributed by atoms with Gasteiger partial charge in [-0.2, -0.15) is 13.2 Å². The van der Waals surface area contributed by atoms with Crippen molar-refractivity contribution in [2.75, 3.05) is 5.75 Å². The molecule has 7 heteroatoms. The van der Waals surface area contributed by atoms with Crippen molar-refractivity contribution in [2.24, 2.45) is 0 Å². The maximum absolute atomic E-state index is 12.6. The van der Waals surface area contributed by atoms with Crippen molar-refractivity contribution in [1.82, 2.24) is 4.98 Å². The van der Waals surface area contributed by atoms with Crippen LogP contribution in [0.15, 0.2) is 11.1 Å². The van der Waals surface area contributed by atoms with E-state index < -0.39 is 17.7 Å². The van der Waals surface area contributed by atoms with Gasteiger partial charge < -0.3 is 5.11 Å². The van der Waals surface area contributed by atoms with E-state index in [1.807, 2.05) is 0 Å². The second kappa shape index (κ2) is 4.95. The van der Waals surface area contributed by atoms with Crippen molar-refractivity contribution >= 4 is 17.7 Å². The number of rotatable bonds is 3. The van der Waals surface area contributed by atoms with Gasteiger partial charge >= 0.3 is 12.1 Å². The summed E-state index contributed by atoms with van der Waals surface area (Å²) in [5, 5.41) is 8.85. The normalized spacial score (nSPS) is 11.6. The van der Waals surface area contributed by atoms with Crippen LogP contribution in [-0.2, 0) is 6.18 Å². The predicted molar refractivity (Wildman–Crippen MR) is 57.3 cm³/mol. The molecule has 0 bridgehead atoms. The van der Waals surface area contributed by atoms with Gasteiger partial charge in [-0.25, -0.2) is 9.78 Å². The molecule has 0 fully saturated rings. The van der Waals surface area contributed by atoms with E-state index in [1.165, 1.54) is 6.92 Å². The standard InChI is InChI=1S/C10H10F3NO2S/c1-3-17-8-5(2)6(10(11,12)13)4-14-7(8)9(15)16/h4H,3H2,1-2H3,(H,15,16). The number of nitrogens with zero attached hydrogens (tertiary/aromatic N) is 1. The van der Waals surface area contributed by atoms with E-state index in [0.717, 1.165) is 11.8 Å². The Morgan fingerprint density at radius 3 is 2.53 bits per heavy atom. The third kappa shape index (κ3) is 2.91. The second-order valence-corrected chi connectivity index (χ2v) is 4.48. The lowest BCUT2D eigenvalue weighted by Gasteiger charge is -2.14. The molecule has 17 heavy (non-hydrogen) atoms. The van der Waals surface area contributed by atoms with Gasteiger partial charge in [-0.3, -0.25) is 0 Å². The van der Waals surface area contributed by atoms with Crippen LogP contribution in [0, 0.1) is 6.92 Å². The number of carbonyl (C=O) groups is 1. The Morgan fingerprint density at radius 2 is 2.12 bits per heavy atom. The van der Waals surface area contributed by atoms with Crippen LogP contribution in [0.5, 0.6) is 0 Å². The monoisotopic (exact) mass is 265 g/mol. The molecule has 3 nitrogen and oxygen atoms in total. The van der Waals surface area contributed by atoms with Gasteiger partial charge in [0.25, 0.3) is 0 Å². The van der Waals surface area contributed by atoms with E-state index in [9.17, 15) is 18.0 Å². The van der Waals surface area contributed by atoms with E-state index >= 15 is 0 Å². The van der Waals surface area contributed by atoms with Crippen molar-refractivity contribution in [1.29, 1.82) is 0 Å². The molecule has 94 valence electrons. The molecule has 0 aromatic carbocycles. The number of halogens is 3. The Balaban J connectivity index is 3.43. The van der Waals surface area contributed by atoms with Crippen LogP contribution in [0.2, 0.25) is 0 Å². The van der Waals surface area contributed by atoms with Crippen LogP contribution in [-0.4, -0.2) is 21.8 Å². The summed E-state index contributed by atoms with van der Waals surface area (Å²) in [7, 11) is 0. The van der Waals surface area contributed by atoms with Gasteiger partial charge in [0.05, 0.1) is 5.56 Å². The van der Waals surface area contributed by atoms with Gasteiger partial charge in [-0.05, 0) is 18.2 Å². The minimum atomic E-state index is -4.52. The highest BCUT2D eigenvalue weighted by Crippen LogP contribution is 2.36. The molecule has 0 radical (unpaired) electrons. The number of pyridine rings is 1. The van der Waals surface area contributed by atoms with Crippen molar-refractivity contribution in [2.45, 2.75) is 24.9 Å². The maximum atomic E-state index is 12.6. The van der Waals surface area contributed by atoms with Crippen LogP contribution >= 0.6 is 11.8 Å². The summed E-state index contributed by atoms with van der Waals surface area (Å²) >= 11 is 1.04. The minimum absolute atomic E-state index is 0.0785. The van der Waals surface area contributed by atoms with E-state index in [4.69, 9.17) is 5.11 Å². The van der Waals surface area contributed by atoms with Crippen LogP contribution in [0.3, 0.4) is 0 Å². The first-order chi connectivity index (χ1) is 7.79. The van der Waals surface area contributed by atoms with E-state index in [0.29, 0.717) is 11.9 Å². The summed E-state index contributed by atoms with van der Waals surface area (Å²) in [5.41, 5.74) is -1.31. The number of hydrogen-bond acceptors (Lipinski definition) is 3. The zero-order chi connectivity index (χ0) is 13.2. The molecule has 0 aliphatic rings. The number of aromatic nitrogens is 1. The van der Waals surface area contributed by atoms with Gasteiger partial charge in [0.2, 0.25) is 0 Å². The van der Waals surface area contributed by atoms with Gasteiger partial charge in [0.1, 0.15) is 0 Å². The Labute approximate surface area is 100 Å². The zero-order valence-electron chi connectivity index (χ0n) is 9.13. The molecule has 0 atom stereocenters. The van der Waals surface area contributed by atoms with Crippen molar-refractivity contribution < 1.29 is 23.1 Å². The Hall–Kier alpha value is -1.24. The maximum Gasteiger partial charge on any atom is 0.418 e. The van der Waals surface area contributed by atoms with Crippen molar-refractivity contribution in [3.05, 3.63) is 23.0 Å². The van der Waals surface area contributed by atoms with Gasteiger partial charge in [-0.1, -0.05) is 6.92 Å². The third-order valence-corrected chi connectivity index (χ3v) is 3.16. The van der Waals surface area contributed by atoms with E-state index in [2.05, 4.69) is 4.98 Å². The van der Waals surface area contributed by atoms with Crippen molar-refractivity contribution in [3.63, 3.8) is 0 Å². The number of aromatic carboxylic acids is 1. The highest BCUT2D eigenvalue weighted by Gasteiger charge is 2.35. The second-order valence-electron chi connectivity index (χ2n) is 3.21. The number of carboxylic acids is 1. The Bertz CT molecular complexity index is 446. The lowest BCUT2D eigenvalue weighted by atomic mass is 10.1. The third-order valence-electron chi connectivity index (χ3n) is 2.08. The minimum Gasteiger partial charge on any atom is -0.476 e. The molecule has 0 spiro atoms. The average molecular weight is 265 g/mol. The fourth-order valence-electron chi connectivity index (χ4n) is 1.34. The first kappa shape index (κ1) is 13.8. The molecule has 1 rings (SSSR count). The number of carboxylic acid groups (broad SMARTS) is 1. The summed E-state index contributed by atoms with van der Waals surface area (Å²) in [6, 6.07) is 0. The SMILES string of the molecule is CCSc1c(C(=O)O)ncc(C(F)(F)F)c1C. The predicted octanol–water partition coefficient (Wildman–Crippen LogP) is 3.22. The first-order valence-electron chi connectivity index (χ1n) is 4.72. The van der Waals surface area contributed by atoms with E-state index in [-0.39, 0.29) is 16.2 Å². The summed E-state index contributed by atoms with van der Waals surface area (Å²) in [6.45, 7) is 2.99. The molecule has 0 unspecified atom stereocenters. The van der Waals surface area contributed by atoms with Crippen LogP contribution in [0.4, 0.5) is 13.2 Å². The first-order valence-corrected chi connectivity index (χ1v) is 5.70. The zero-order valence-corrected chi connectivity index (χ0v) is 9.95. The highest BCUT2D eigenvalue weighted by atomic mass is 32.2. The molecule has 1 aromatic rings. The summed E-state index contributed by atoms with van der Waals surface area (Å²) in [4.78, 5) is 14.3. The quantitative estimate of drug-likeness (QED) is 0.852. The van der Waals surface area contributed by atoms with Crippen LogP contribution in [0.25, 0.3) is 0 Å². The highest BCUT2D eigenvalue weighted by molar-refractivity contribution is 7.99. The lowest BCUT2D eigenvalue weighted by molar-refractivity contribution is -0.138. The molecule has 0 aliphatic heterocycles. The number of hydrogen-bond donors (Lipinski definition) is 1. The largest absolute Gasteiger partial charge is 0.476 e. The van der Waals surface area contributed by atoms with Crippen molar-refractivity contribution in [3.8, 4) is 0 Å². The molecule has 0 saturated heterocycles. The summed E-state index contributed by atoms with van der Waals surface area (Å²) < 4.78 is 37.8. The van der Waals surface area contributed by atoms with Gasteiger partial charge in [-0.15, -0.1) is 11.8 Å². The fraction of sp³-hybridized carbons (Fsp3) is 0.400. The Kier molecular flexibility index (Phi) is 4.03. The molecule has 0 saturated carbocycles. The summed E-state index contributed by atoms with van der Waals surface area (Å²) in [5.74, 6) is -0.845. The van der Waals surface area contributed by atoms with Gasteiger partial charge in [0, 0.05) is 11.1 Å². The molecule has 1 aromatic heterocycles. The van der Waals surface area contributed by atoms with E-state index in [1.54, 1.807) is 6.92 Å². The molecule has 0 aliphatic carbocycles. The Morgan fingerprint density at radius 1 is 1.53 bits per heavy atom. The summed E-state index contributed by atoms with van der Waals surface area (Å²) in [6.07, 6.45) is -3.95.